The van der Waals surface area contributed by atoms with E-state index in [2.05, 4.69) is 17.1 Å². The second-order valence-electron chi connectivity index (χ2n) is 6.96. The summed E-state index contributed by atoms with van der Waals surface area (Å²) in [4.78, 5) is 19.4. The number of carbonyl (C=O) groups is 1. The lowest BCUT2D eigenvalue weighted by Gasteiger charge is -2.21. The Kier molecular flexibility index (Phi) is 5.01. The van der Waals surface area contributed by atoms with E-state index in [4.69, 9.17) is 4.74 Å². The normalized spacial score (nSPS) is 12.2. The number of nitrogens with zero attached hydrogens (tertiary/aromatic N) is 2. The third kappa shape index (κ3) is 3.58. The van der Waals surface area contributed by atoms with Crippen molar-refractivity contribution in [3.8, 4) is 5.75 Å². The van der Waals surface area contributed by atoms with Crippen molar-refractivity contribution >= 4 is 38.2 Å². The molecule has 4 nitrogen and oxygen atoms in total. The molecule has 0 aliphatic carbocycles. The molecule has 0 saturated carbocycles. The third-order valence-electron chi connectivity index (χ3n) is 5.03. The standard InChI is InChI=1S/C23H22N2O2S/c1-15(16-8-9-18-13-19(27-3)11-10-17(18)12-16)23(26)25(2)14-22-24-20-6-4-5-7-21(20)28-22/h4-13,15H,14H2,1-3H3/t15-/m0/s1. The van der Waals surface area contributed by atoms with Gasteiger partial charge in [-0.05, 0) is 47.5 Å². The average Bonchev–Trinajstić information content (AvgIpc) is 3.14. The number of likely N-dealkylation sites (N-methyl/N-ethyl adjacent to an activating group) is 1. The molecule has 0 bridgehead atoms. The molecule has 142 valence electrons. The van der Waals surface area contributed by atoms with Gasteiger partial charge in [-0.15, -0.1) is 11.3 Å². The van der Waals surface area contributed by atoms with Crippen LogP contribution in [0.25, 0.3) is 21.0 Å². The lowest BCUT2D eigenvalue weighted by atomic mass is 9.96. The fourth-order valence-corrected chi connectivity index (χ4v) is 4.40. The van der Waals surface area contributed by atoms with Crippen LogP contribution in [0.4, 0.5) is 0 Å². The number of ether oxygens (including phenoxy) is 1. The number of benzene rings is 3. The number of hydrogen-bond donors (Lipinski definition) is 0. The molecule has 0 unspecified atom stereocenters. The Hall–Kier alpha value is -2.92. The summed E-state index contributed by atoms with van der Waals surface area (Å²) in [6.45, 7) is 2.48. The van der Waals surface area contributed by atoms with Crippen molar-refractivity contribution in [1.82, 2.24) is 9.88 Å². The summed E-state index contributed by atoms with van der Waals surface area (Å²) < 4.78 is 6.43. The zero-order chi connectivity index (χ0) is 19.7. The van der Waals surface area contributed by atoms with Gasteiger partial charge in [0.1, 0.15) is 10.8 Å². The number of thiazole rings is 1. The fourth-order valence-electron chi connectivity index (χ4n) is 3.38. The molecule has 0 aliphatic rings. The first-order valence-corrected chi connectivity index (χ1v) is 10.0. The van der Waals surface area contributed by atoms with Crippen LogP contribution in [-0.2, 0) is 11.3 Å². The van der Waals surface area contributed by atoms with Crippen molar-refractivity contribution in [3.05, 3.63) is 71.2 Å². The number of fused-ring (bicyclic) bond motifs is 2. The number of rotatable bonds is 5. The topological polar surface area (TPSA) is 42.4 Å². The van der Waals surface area contributed by atoms with Crippen LogP contribution < -0.4 is 4.74 Å². The molecule has 0 saturated heterocycles. The monoisotopic (exact) mass is 390 g/mol. The Bertz CT molecular complexity index is 1120. The van der Waals surface area contributed by atoms with Crippen LogP contribution in [0.15, 0.2) is 60.7 Å². The molecule has 1 aromatic heterocycles. The summed E-state index contributed by atoms with van der Waals surface area (Å²) >= 11 is 1.64. The van der Waals surface area contributed by atoms with Crippen LogP contribution in [0.2, 0.25) is 0 Å². The zero-order valence-corrected chi connectivity index (χ0v) is 17.0. The van der Waals surface area contributed by atoms with Crippen molar-refractivity contribution in [3.63, 3.8) is 0 Å². The zero-order valence-electron chi connectivity index (χ0n) is 16.2. The summed E-state index contributed by atoms with van der Waals surface area (Å²) in [6, 6.07) is 20.2. The molecule has 0 fully saturated rings. The van der Waals surface area contributed by atoms with Gasteiger partial charge in [0, 0.05) is 7.05 Å². The molecule has 0 N–H and O–H groups in total. The lowest BCUT2D eigenvalue weighted by molar-refractivity contribution is -0.131. The predicted octanol–water partition coefficient (Wildman–Crippen LogP) is 5.22. The van der Waals surface area contributed by atoms with Gasteiger partial charge >= 0.3 is 0 Å². The largest absolute Gasteiger partial charge is 0.497 e. The molecular weight excluding hydrogens is 368 g/mol. The molecule has 0 radical (unpaired) electrons. The first-order valence-electron chi connectivity index (χ1n) is 9.22. The second-order valence-corrected chi connectivity index (χ2v) is 8.08. The van der Waals surface area contributed by atoms with Crippen molar-refractivity contribution in [2.45, 2.75) is 19.4 Å². The number of methoxy groups -OCH3 is 1. The Morgan fingerprint density at radius 3 is 2.64 bits per heavy atom. The molecule has 0 aliphatic heterocycles. The van der Waals surface area contributed by atoms with Crippen LogP contribution in [0, 0.1) is 0 Å². The quantitative estimate of drug-likeness (QED) is 0.469. The lowest BCUT2D eigenvalue weighted by Crippen LogP contribution is -2.30. The molecule has 5 heteroatoms. The van der Waals surface area contributed by atoms with Crippen LogP contribution in [0.5, 0.6) is 5.75 Å². The van der Waals surface area contributed by atoms with Gasteiger partial charge in [-0.3, -0.25) is 4.79 Å². The highest BCUT2D eigenvalue weighted by molar-refractivity contribution is 7.18. The van der Waals surface area contributed by atoms with Crippen LogP contribution in [-0.4, -0.2) is 29.9 Å². The molecule has 0 spiro atoms. The number of hydrogen-bond acceptors (Lipinski definition) is 4. The highest BCUT2D eigenvalue weighted by Crippen LogP contribution is 2.27. The molecular formula is C23H22N2O2S. The van der Waals surface area contributed by atoms with E-state index in [0.717, 1.165) is 37.3 Å². The fraction of sp³-hybridized carbons (Fsp3) is 0.217. The first-order chi connectivity index (χ1) is 13.5. The van der Waals surface area contributed by atoms with E-state index in [-0.39, 0.29) is 11.8 Å². The van der Waals surface area contributed by atoms with Gasteiger partial charge in [-0.1, -0.05) is 36.4 Å². The van der Waals surface area contributed by atoms with Gasteiger partial charge < -0.3 is 9.64 Å². The number of aromatic nitrogens is 1. The highest BCUT2D eigenvalue weighted by Gasteiger charge is 2.20. The Balaban J connectivity index is 1.52. The number of amides is 1. The van der Waals surface area contributed by atoms with E-state index in [1.807, 2.05) is 62.5 Å². The van der Waals surface area contributed by atoms with Crippen LogP contribution in [0.3, 0.4) is 0 Å². The van der Waals surface area contributed by atoms with E-state index in [9.17, 15) is 4.79 Å². The summed E-state index contributed by atoms with van der Waals surface area (Å²) in [7, 11) is 3.51. The van der Waals surface area contributed by atoms with Crippen LogP contribution in [0.1, 0.15) is 23.4 Å². The smallest absolute Gasteiger partial charge is 0.229 e. The van der Waals surface area contributed by atoms with E-state index in [1.54, 1.807) is 23.3 Å². The molecule has 1 atom stereocenters. The van der Waals surface area contributed by atoms with E-state index in [0.29, 0.717) is 6.54 Å². The highest BCUT2D eigenvalue weighted by atomic mass is 32.1. The minimum atomic E-state index is -0.217. The molecule has 4 aromatic rings. The Morgan fingerprint density at radius 1 is 1.11 bits per heavy atom. The van der Waals surface area contributed by atoms with Crippen molar-refractivity contribution in [1.29, 1.82) is 0 Å². The van der Waals surface area contributed by atoms with Gasteiger partial charge in [0.2, 0.25) is 5.91 Å². The van der Waals surface area contributed by atoms with E-state index >= 15 is 0 Å². The third-order valence-corrected chi connectivity index (χ3v) is 6.05. The maximum atomic E-state index is 13.0. The molecule has 1 heterocycles. The Morgan fingerprint density at radius 2 is 1.86 bits per heavy atom. The average molecular weight is 391 g/mol. The van der Waals surface area contributed by atoms with Crippen molar-refractivity contribution in [2.75, 3.05) is 14.2 Å². The maximum absolute atomic E-state index is 13.0. The first kappa shape index (κ1) is 18.4. The van der Waals surface area contributed by atoms with Gasteiger partial charge in [0.15, 0.2) is 0 Å². The predicted molar refractivity (Wildman–Crippen MR) is 115 cm³/mol. The van der Waals surface area contributed by atoms with Crippen molar-refractivity contribution < 1.29 is 9.53 Å². The van der Waals surface area contributed by atoms with Gasteiger partial charge in [-0.2, -0.15) is 0 Å². The summed E-state index contributed by atoms with van der Waals surface area (Å²) in [5.74, 6) is 0.706. The number of para-hydroxylation sites is 1. The summed E-state index contributed by atoms with van der Waals surface area (Å²) in [6.07, 6.45) is 0. The van der Waals surface area contributed by atoms with Gasteiger partial charge in [-0.25, -0.2) is 4.98 Å². The Labute approximate surface area is 168 Å². The van der Waals surface area contributed by atoms with E-state index < -0.39 is 0 Å². The van der Waals surface area contributed by atoms with Gasteiger partial charge in [0.05, 0.1) is 29.8 Å². The molecule has 28 heavy (non-hydrogen) atoms. The van der Waals surface area contributed by atoms with Crippen molar-refractivity contribution in [2.24, 2.45) is 0 Å². The minimum Gasteiger partial charge on any atom is -0.497 e. The number of carbonyl (C=O) groups excluding carboxylic acids is 1. The molecule has 4 rings (SSSR count). The van der Waals surface area contributed by atoms with Crippen LogP contribution >= 0.6 is 11.3 Å². The second kappa shape index (κ2) is 7.60. The minimum absolute atomic E-state index is 0.0899. The van der Waals surface area contributed by atoms with Gasteiger partial charge in [0.25, 0.3) is 0 Å². The molecule has 1 amide bonds. The maximum Gasteiger partial charge on any atom is 0.229 e. The summed E-state index contributed by atoms with van der Waals surface area (Å²) in [5.41, 5.74) is 2.00. The van der Waals surface area contributed by atoms with E-state index in [1.165, 1.54) is 0 Å². The summed E-state index contributed by atoms with van der Waals surface area (Å²) in [5, 5.41) is 3.16. The SMILES string of the molecule is COc1ccc2cc([C@H](C)C(=O)N(C)Cc3nc4ccccc4s3)ccc2c1. The molecule has 3 aromatic carbocycles.